The van der Waals surface area contributed by atoms with Crippen LogP contribution in [0.5, 0.6) is 0 Å². The maximum atomic E-state index is 3.84. The SMILES string of the molecule is CCCN=NNCCC. The zero-order valence-electron chi connectivity index (χ0n) is 6.22. The topological polar surface area (TPSA) is 36.8 Å². The molecule has 0 unspecified atom stereocenters. The Labute approximate surface area is 56.5 Å². The molecule has 3 nitrogen and oxygen atoms in total. The van der Waals surface area contributed by atoms with Crippen LogP contribution in [0.1, 0.15) is 26.7 Å². The summed E-state index contributed by atoms with van der Waals surface area (Å²) in [6.45, 7) is 5.94. The Morgan fingerprint density at radius 3 is 2.56 bits per heavy atom. The maximum absolute atomic E-state index is 3.84. The lowest BCUT2D eigenvalue weighted by Gasteiger charge is -1.91. The third kappa shape index (κ3) is 7.40. The van der Waals surface area contributed by atoms with E-state index in [9.17, 15) is 0 Å². The van der Waals surface area contributed by atoms with E-state index in [4.69, 9.17) is 0 Å². The van der Waals surface area contributed by atoms with E-state index in [1.54, 1.807) is 0 Å². The highest BCUT2D eigenvalue weighted by atomic mass is 15.4. The smallest absolute Gasteiger partial charge is 0.0617 e. The quantitative estimate of drug-likeness (QED) is 0.343. The highest BCUT2D eigenvalue weighted by Gasteiger charge is 1.74. The van der Waals surface area contributed by atoms with Gasteiger partial charge < -0.3 is 0 Å². The molecule has 0 aromatic rings. The van der Waals surface area contributed by atoms with Crippen molar-refractivity contribution in [3.8, 4) is 0 Å². The Balaban J connectivity index is 2.86. The zero-order valence-corrected chi connectivity index (χ0v) is 6.22. The lowest BCUT2D eigenvalue weighted by molar-refractivity contribution is 0.652. The van der Waals surface area contributed by atoms with E-state index in [1.165, 1.54) is 0 Å². The van der Waals surface area contributed by atoms with Gasteiger partial charge in [0.15, 0.2) is 0 Å². The number of nitrogens with one attached hydrogen (secondary N) is 1. The average Bonchev–Trinajstić information content (AvgIpc) is 1.89. The van der Waals surface area contributed by atoms with Crippen molar-refractivity contribution in [3.63, 3.8) is 0 Å². The van der Waals surface area contributed by atoms with Crippen LogP contribution in [0.25, 0.3) is 0 Å². The Kier molecular flexibility index (Phi) is 6.91. The summed E-state index contributed by atoms with van der Waals surface area (Å²) in [4.78, 5) is 0. The van der Waals surface area contributed by atoms with Crippen LogP contribution >= 0.6 is 0 Å². The van der Waals surface area contributed by atoms with Crippen LogP contribution < -0.4 is 5.43 Å². The number of hydrogen-bond donors (Lipinski definition) is 1. The predicted octanol–water partition coefficient (Wildman–Crippen LogP) is 1.76. The number of nitrogens with zero attached hydrogens (tertiary/aromatic N) is 2. The van der Waals surface area contributed by atoms with Crippen LogP contribution in [0, 0.1) is 0 Å². The van der Waals surface area contributed by atoms with Gasteiger partial charge in [0.05, 0.1) is 6.54 Å². The van der Waals surface area contributed by atoms with Gasteiger partial charge in [-0.25, -0.2) is 0 Å². The summed E-state index contributed by atoms with van der Waals surface area (Å²) in [6.07, 6.45) is 2.17. The fourth-order valence-electron chi connectivity index (χ4n) is 0.362. The van der Waals surface area contributed by atoms with E-state index in [2.05, 4.69) is 29.6 Å². The molecule has 0 aliphatic rings. The van der Waals surface area contributed by atoms with Crippen molar-refractivity contribution in [2.24, 2.45) is 10.3 Å². The molecule has 1 N–H and O–H groups in total. The minimum atomic E-state index is 0.830. The van der Waals surface area contributed by atoms with Crippen molar-refractivity contribution < 1.29 is 0 Å². The summed E-state index contributed by atoms with van der Waals surface area (Å²) in [5, 5.41) is 7.57. The van der Waals surface area contributed by atoms with E-state index in [0.717, 1.165) is 25.9 Å². The third-order valence-electron chi connectivity index (χ3n) is 0.827. The van der Waals surface area contributed by atoms with Crippen molar-refractivity contribution in [3.05, 3.63) is 0 Å². The first-order chi connectivity index (χ1) is 4.41. The van der Waals surface area contributed by atoms with Crippen molar-refractivity contribution >= 4 is 0 Å². The second-order valence-corrected chi connectivity index (χ2v) is 1.87. The molecule has 9 heavy (non-hydrogen) atoms. The highest BCUT2D eigenvalue weighted by molar-refractivity contribution is 4.33. The van der Waals surface area contributed by atoms with Gasteiger partial charge in [0.25, 0.3) is 0 Å². The Bertz CT molecular complexity index is 70.7. The lowest BCUT2D eigenvalue weighted by Crippen LogP contribution is -2.04. The Hall–Kier alpha value is -0.600. The minimum Gasteiger partial charge on any atom is -0.292 e. The van der Waals surface area contributed by atoms with Crippen LogP contribution in [0.3, 0.4) is 0 Å². The van der Waals surface area contributed by atoms with Gasteiger partial charge in [-0.15, -0.1) is 0 Å². The molecule has 0 bridgehead atoms. The first kappa shape index (κ1) is 8.40. The van der Waals surface area contributed by atoms with E-state index in [1.807, 2.05) is 0 Å². The molecule has 0 atom stereocenters. The minimum absolute atomic E-state index is 0.830. The summed E-state index contributed by atoms with van der Waals surface area (Å²) in [7, 11) is 0. The third-order valence-corrected chi connectivity index (χ3v) is 0.827. The van der Waals surface area contributed by atoms with Gasteiger partial charge in [-0.1, -0.05) is 19.1 Å². The van der Waals surface area contributed by atoms with Gasteiger partial charge in [-0.3, -0.25) is 5.43 Å². The molecular formula is C6H15N3. The Morgan fingerprint density at radius 1 is 1.22 bits per heavy atom. The van der Waals surface area contributed by atoms with Gasteiger partial charge in [0, 0.05) is 6.54 Å². The summed E-state index contributed by atoms with van der Waals surface area (Å²) in [6, 6.07) is 0. The lowest BCUT2D eigenvalue weighted by atomic mass is 10.5. The molecule has 0 fully saturated rings. The molecular weight excluding hydrogens is 114 g/mol. The predicted molar refractivity (Wildman–Crippen MR) is 38.3 cm³/mol. The van der Waals surface area contributed by atoms with E-state index in [-0.39, 0.29) is 0 Å². The second-order valence-electron chi connectivity index (χ2n) is 1.87. The highest BCUT2D eigenvalue weighted by Crippen LogP contribution is 1.77. The van der Waals surface area contributed by atoms with Crippen molar-refractivity contribution in [2.45, 2.75) is 26.7 Å². The molecule has 54 valence electrons. The van der Waals surface area contributed by atoms with Gasteiger partial charge in [0.1, 0.15) is 0 Å². The Morgan fingerprint density at radius 2 is 2.00 bits per heavy atom. The fraction of sp³-hybridized carbons (Fsp3) is 1.00. The monoisotopic (exact) mass is 129 g/mol. The molecule has 0 amide bonds. The summed E-state index contributed by atoms with van der Waals surface area (Å²) in [5.41, 5.74) is 2.83. The van der Waals surface area contributed by atoms with Crippen LogP contribution in [-0.2, 0) is 0 Å². The molecule has 0 aromatic heterocycles. The molecule has 3 heteroatoms. The van der Waals surface area contributed by atoms with Crippen molar-refractivity contribution in [1.82, 2.24) is 5.43 Å². The summed E-state index contributed by atoms with van der Waals surface area (Å²) in [5.74, 6) is 0. The van der Waals surface area contributed by atoms with Gasteiger partial charge in [0.2, 0.25) is 0 Å². The molecule has 0 saturated carbocycles. The van der Waals surface area contributed by atoms with E-state index < -0.39 is 0 Å². The molecule has 0 radical (unpaired) electrons. The first-order valence-electron chi connectivity index (χ1n) is 3.51. The first-order valence-corrected chi connectivity index (χ1v) is 3.51. The molecule has 0 aromatic carbocycles. The van der Waals surface area contributed by atoms with Crippen LogP contribution in [0.15, 0.2) is 10.3 Å². The zero-order chi connectivity index (χ0) is 6.95. The number of hydrogen-bond acceptors (Lipinski definition) is 2. The largest absolute Gasteiger partial charge is 0.292 e. The van der Waals surface area contributed by atoms with E-state index >= 15 is 0 Å². The van der Waals surface area contributed by atoms with E-state index in [0.29, 0.717) is 0 Å². The van der Waals surface area contributed by atoms with Gasteiger partial charge in [-0.05, 0) is 12.8 Å². The summed E-state index contributed by atoms with van der Waals surface area (Å²) < 4.78 is 0. The standard InChI is InChI=1S/C6H15N3/c1-3-5-7-9-8-6-4-2/h3-6H2,1-2H3,(H,7,8). The normalized spacial score (nSPS) is 10.4. The van der Waals surface area contributed by atoms with Gasteiger partial charge >= 0.3 is 0 Å². The van der Waals surface area contributed by atoms with Crippen molar-refractivity contribution in [2.75, 3.05) is 13.1 Å². The second kappa shape index (κ2) is 7.40. The molecule has 0 heterocycles. The molecule has 0 aliphatic carbocycles. The van der Waals surface area contributed by atoms with Crippen LogP contribution in [0.2, 0.25) is 0 Å². The molecule has 0 saturated heterocycles. The molecule has 0 rings (SSSR count). The summed E-state index contributed by atoms with van der Waals surface area (Å²) >= 11 is 0. The molecule has 0 aliphatic heterocycles. The van der Waals surface area contributed by atoms with Crippen molar-refractivity contribution in [1.29, 1.82) is 0 Å². The van der Waals surface area contributed by atoms with Gasteiger partial charge in [-0.2, -0.15) is 5.11 Å². The maximum Gasteiger partial charge on any atom is 0.0617 e. The van der Waals surface area contributed by atoms with Crippen LogP contribution in [-0.4, -0.2) is 13.1 Å². The number of rotatable bonds is 5. The molecule has 0 spiro atoms. The van der Waals surface area contributed by atoms with Crippen LogP contribution in [0.4, 0.5) is 0 Å². The average molecular weight is 129 g/mol. The fourth-order valence-corrected chi connectivity index (χ4v) is 0.362.